The van der Waals surface area contributed by atoms with Crippen LogP contribution in [0.5, 0.6) is 0 Å². The summed E-state index contributed by atoms with van der Waals surface area (Å²) in [5, 5.41) is 8.38. The van der Waals surface area contributed by atoms with Gasteiger partial charge in [-0.15, -0.1) is 0 Å². The highest BCUT2D eigenvalue weighted by molar-refractivity contribution is 5.73. The Morgan fingerprint density at radius 2 is 2.44 bits per heavy atom. The number of nitrogens with zero attached hydrogens (tertiary/aromatic N) is 1. The Kier molecular flexibility index (Phi) is 3.66. The highest BCUT2D eigenvalue weighted by Gasteiger charge is 1.88. The van der Waals surface area contributed by atoms with Crippen molar-refractivity contribution in [2.45, 2.75) is 6.92 Å². The zero-order valence-electron chi connectivity index (χ0n) is 5.29. The van der Waals surface area contributed by atoms with E-state index in [1.165, 1.54) is 0 Å². The molecular weight excluding hydrogens is 120 g/mol. The largest absolute Gasteiger partial charge is 0.396 e. The van der Waals surface area contributed by atoms with Crippen LogP contribution in [0.2, 0.25) is 0 Å². The minimum atomic E-state index is -0.180. The van der Waals surface area contributed by atoms with Crippen LogP contribution in [-0.2, 0) is 4.84 Å². The van der Waals surface area contributed by atoms with E-state index < -0.39 is 0 Å². The average Bonchev–Trinajstić information content (AvgIpc) is 1.87. The number of aliphatic imine (C=N–C) groups is 1. The summed E-state index contributed by atoms with van der Waals surface area (Å²) in [5.41, 5.74) is 0.331. The SMILES string of the molecule is C=C(CO)/N=C(/C)ON. The molecule has 0 atom stereocenters. The molecule has 0 spiro atoms. The number of hydrogen-bond donors (Lipinski definition) is 2. The molecule has 9 heavy (non-hydrogen) atoms. The van der Waals surface area contributed by atoms with Crippen molar-refractivity contribution < 1.29 is 9.94 Å². The predicted octanol–water partition coefficient (Wildman–Crippen LogP) is -0.199. The first-order chi connectivity index (χ1) is 4.20. The van der Waals surface area contributed by atoms with E-state index in [0.717, 1.165) is 0 Å². The van der Waals surface area contributed by atoms with Crippen LogP contribution in [0.4, 0.5) is 0 Å². The zero-order valence-corrected chi connectivity index (χ0v) is 5.29. The quantitative estimate of drug-likeness (QED) is 0.309. The monoisotopic (exact) mass is 130 g/mol. The van der Waals surface area contributed by atoms with E-state index in [4.69, 9.17) is 11.0 Å². The minimum Gasteiger partial charge on any atom is -0.396 e. The molecule has 0 aromatic carbocycles. The molecule has 0 saturated heterocycles. The molecule has 0 aliphatic carbocycles. The zero-order chi connectivity index (χ0) is 7.28. The van der Waals surface area contributed by atoms with Gasteiger partial charge in [0.1, 0.15) is 0 Å². The number of nitrogens with two attached hydrogens (primary N) is 1. The van der Waals surface area contributed by atoms with Gasteiger partial charge in [-0.05, 0) is 0 Å². The van der Waals surface area contributed by atoms with E-state index in [0.29, 0.717) is 5.70 Å². The lowest BCUT2D eigenvalue weighted by Gasteiger charge is -1.95. The summed E-state index contributed by atoms with van der Waals surface area (Å²) in [6.07, 6.45) is 0. The highest BCUT2D eigenvalue weighted by Crippen LogP contribution is 1.89. The Labute approximate surface area is 53.6 Å². The fraction of sp³-hybridized carbons (Fsp3) is 0.400. The molecular formula is C5H10N2O2. The van der Waals surface area contributed by atoms with Gasteiger partial charge in [0.2, 0.25) is 5.90 Å². The molecule has 52 valence electrons. The molecule has 0 heterocycles. The van der Waals surface area contributed by atoms with Gasteiger partial charge in [0, 0.05) is 6.92 Å². The molecule has 0 fully saturated rings. The van der Waals surface area contributed by atoms with Crippen LogP contribution in [0, 0.1) is 0 Å². The fourth-order valence-electron chi connectivity index (χ4n) is 0.284. The summed E-state index contributed by atoms with van der Waals surface area (Å²) in [5.74, 6) is 5.01. The lowest BCUT2D eigenvalue weighted by Crippen LogP contribution is -2.06. The molecule has 0 aliphatic rings. The van der Waals surface area contributed by atoms with Crippen molar-refractivity contribution in [2.75, 3.05) is 6.61 Å². The molecule has 3 N–H and O–H groups in total. The summed E-state index contributed by atoms with van der Waals surface area (Å²) >= 11 is 0. The summed E-state index contributed by atoms with van der Waals surface area (Å²) < 4.78 is 0. The first-order valence-corrected chi connectivity index (χ1v) is 2.41. The van der Waals surface area contributed by atoms with Gasteiger partial charge in [0.05, 0.1) is 12.3 Å². The van der Waals surface area contributed by atoms with Crippen molar-refractivity contribution in [3.8, 4) is 0 Å². The van der Waals surface area contributed by atoms with Crippen LogP contribution < -0.4 is 5.90 Å². The third-order valence-corrected chi connectivity index (χ3v) is 0.669. The maximum atomic E-state index is 8.38. The lowest BCUT2D eigenvalue weighted by molar-refractivity contribution is 0.310. The molecule has 0 aromatic heterocycles. The van der Waals surface area contributed by atoms with E-state index in [2.05, 4.69) is 16.4 Å². The molecule has 0 aliphatic heterocycles. The normalized spacial score (nSPS) is 11.2. The van der Waals surface area contributed by atoms with Crippen molar-refractivity contribution in [1.29, 1.82) is 0 Å². The van der Waals surface area contributed by atoms with Gasteiger partial charge in [0.25, 0.3) is 0 Å². The molecule has 0 bridgehead atoms. The van der Waals surface area contributed by atoms with Gasteiger partial charge < -0.3 is 9.94 Å². The Hall–Kier alpha value is -0.870. The van der Waals surface area contributed by atoms with Gasteiger partial charge in [-0.3, -0.25) is 0 Å². The summed E-state index contributed by atoms with van der Waals surface area (Å²) in [6, 6.07) is 0. The van der Waals surface area contributed by atoms with Crippen LogP contribution in [0.15, 0.2) is 17.3 Å². The number of rotatable bonds is 2. The third-order valence-electron chi connectivity index (χ3n) is 0.669. The van der Waals surface area contributed by atoms with Crippen LogP contribution in [0.1, 0.15) is 6.92 Å². The van der Waals surface area contributed by atoms with Gasteiger partial charge in [-0.25, -0.2) is 4.99 Å². The number of hydrogen-bond acceptors (Lipinski definition) is 4. The van der Waals surface area contributed by atoms with Crippen LogP contribution >= 0.6 is 0 Å². The fourth-order valence-corrected chi connectivity index (χ4v) is 0.284. The third kappa shape index (κ3) is 3.69. The van der Waals surface area contributed by atoms with Gasteiger partial charge in [-0.1, -0.05) is 6.58 Å². The Morgan fingerprint density at radius 3 is 2.78 bits per heavy atom. The number of aliphatic hydroxyl groups excluding tert-OH is 1. The van der Waals surface area contributed by atoms with Gasteiger partial charge in [0.15, 0.2) is 0 Å². The van der Waals surface area contributed by atoms with Crippen molar-refractivity contribution in [2.24, 2.45) is 10.9 Å². The van der Waals surface area contributed by atoms with E-state index in [1.54, 1.807) is 6.92 Å². The van der Waals surface area contributed by atoms with Gasteiger partial charge >= 0.3 is 0 Å². The molecule has 4 nitrogen and oxygen atoms in total. The molecule has 0 amide bonds. The Balaban J connectivity index is 3.79. The summed E-state index contributed by atoms with van der Waals surface area (Å²) in [7, 11) is 0. The first kappa shape index (κ1) is 8.13. The van der Waals surface area contributed by atoms with Crippen LogP contribution in [0.25, 0.3) is 0 Å². The van der Waals surface area contributed by atoms with Crippen LogP contribution in [0.3, 0.4) is 0 Å². The predicted molar refractivity (Wildman–Crippen MR) is 34.6 cm³/mol. The number of aliphatic hydroxyl groups is 1. The minimum absolute atomic E-state index is 0.180. The van der Waals surface area contributed by atoms with Gasteiger partial charge in [-0.2, -0.15) is 5.90 Å². The van der Waals surface area contributed by atoms with E-state index in [1.807, 2.05) is 0 Å². The van der Waals surface area contributed by atoms with Crippen molar-refractivity contribution in [3.63, 3.8) is 0 Å². The first-order valence-electron chi connectivity index (χ1n) is 2.41. The highest BCUT2D eigenvalue weighted by atomic mass is 16.6. The van der Waals surface area contributed by atoms with E-state index in [9.17, 15) is 0 Å². The van der Waals surface area contributed by atoms with E-state index in [-0.39, 0.29) is 12.5 Å². The second kappa shape index (κ2) is 4.05. The van der Waals surface area contributed by atoms with Crippen LogP contribution in [-0.4, -0.2) is 17.6 Å². The van der Waals surface area contributed by atoms with Crippen molar-refractivity contribution in [3.05, 3.63) is 12.3 Å². The Bertz CT molecular complexity index is 131. The smallest absolute Gasteiger partial charge is 0.210 e. The molecule has 0 radical (unpaired) electrons. The molecule has 0 aromatic rings. The Morgan fingerprint density at radius 1 is 1.89 bits per heavy atom. The van der Waals surface area contributed by atoms with E-state index >= 15 is 0 Å². The maximum absolute atomic E-state index is 8.38. The summed E-state index contributed by atoms with van der Waals surface area (Å²) in [6.45, 7) is 4.78. The topological polar surface area (TPSA) is 67.8 Å². The van der Waals surface area contributed by atoms with Crippen molar-refractivity contribution >= 4 is 5.90 Å². The molecule has 4 heteroatoms. The molecule has 0 rings (SSSR count). The molecule has 0 unspecified atom stereocenters. The average molecular weight is 130 g/mol. The molecule has 0 saturated carbocycles. The lowest BCUT2D eigenvalue weighted by atomic mass is 10.5. The second-order valence-corrected chi connectivity index (χ2v) is 1.47. The second-order valence-electron chi connectivity index (χ2n) is 1.47. The van der Waals surface area contributed by atoms with Crippen molar-refractivity contribution in [1.82, 2.24) is 0 Å². The maximum Gasteiger partial charge on any atom is 0.210 e. The standard InChI is InChI=1S/C5H10N2O2/c1-4(3-8)7-5(2)9-6/h8H,1,3,6H2,2H3/b7-5-. The summed E-state index contributed by atoms with van der Waals surface area (Å²) in [4.78, 5) is 7.84.